The third-order valence-electron chi connectivity index (χ3n) is 5.14. The lowest BCUT2D eigenvalue weighted by atomic mass is 9.94. The van der Waals surface area contributed by atoms with Gasteiger partial charge in [-0.2, -0.15) is 0 Å². The smallest absolute Gasteiger partial charge is 0.256 e. The highest BCUT2D eigenvalue weighted by atomic mass is 16.5. The van der Waals surface area contributed by atoms with E-state index in [2.05, 4.69) is 0 Å². The molecule has 0 radical (unpaired) electrons. The number of benzene rings is 1. The number of carbonyl (C=O) groups is 2. The number of ether oxygens (including phenoxy) is 1. The molecule has 0 bridgehead atoms. The normalized spacial score (nSPS) is 20.2. The van der Waals surface area contributed by atoms with Gasteiger partial charge in [-0.3, -0.25) is 9.59 Å². The molecule has 1 aromatic carbocycles. The molecule has 5 nitrogen and oxygen atoms in total. The van der Waals surface area contributed by atoms with Gasteiger partial charge in [-0.1, -0.05) is 30.3 Å². The van der Waals surface area contributed by atoms with E-state index in [9.17, 15) is 9.59 Å². The van der Waals surface area contributed by atoms with Crippen molar-refractivity contribution in [2.24, 2.45) is 5.92 Å². The zero-order valence-corrected chi connectivity index (χ0v) is 14.3. The number of piperidine rings is 1. The second-order valence-corrected chi connectivity index (χ2v) is 6.66. The highest BCUT2D eigenvalue weighted by Crippen LogP contribution is 2.25. The largest absolute Gasteiger partial charge is 0.367 e. The van der Waals surface area contributed by atoms with Crippen molar-refractivity contribution in [1.29, 1.82) is 0 Å². The van der Waals surface area contributed by atoms with E-state index in [0.717, 1.165) is 44.3 Å². The lowest BCUT2D eigenvalue weighted by molar-refractivity contribution is -0.146. The number of nitrogens with zero attached hydrogens (tertiary/aromatic N) is 2. The molecule has 2 amide bonds. The third-order valence-corrected chi connectivity index (χ3v) is 5.14. The number of hydrogen-bond acceptors (Lipinski definition) is 3. The van der Waals surface area contributed by atoms with Gasteiger partial charge in [-0.25, -0.2) is 0 Å². The lowest BCUT2D eigenvalue weighted by Gasteiger charge is -2.34. The summed E-state index contributed by atoms with van der Waals surface area (Å²) in [5.74, 6) is 0.353. The van der Waals surface area contributed by atoms with E-state index < -0.39 is 6.10 Å². The SMILES string of the molecule is CO[C@@H](C(=O)N1CCC(C(=O)N2CCCC2)CC1)c1ccccc1. The zero-order chi connectivity index (χ0) is 16.9. The minimum atomic E-state index is -0.558. The summed E-state index contributed by atoms with van der Waals surface area (Å²) in [6.45, 7) is 3.07. The van der Waals surface area contributed by atoms with Crippen molar-refractivity contribution >= 4 is 11.8 Å². The summed E-state index contributed by atoms with van der Waals surface area (Å²) in [7, 11) is 1.57. The van der Waals surface area contributed by atoms with Crippen molar-refractivity contribution in [3.63, 3.8) is 0 Å². The molecule has 1 atom stereocenters. The Hall–Kier alpha value is -1.88. The lowest BCUT2D eigenvalue weighted by Crippen LogP contribution is -2.45. The van der Waals surface area contributed by atoms with Crippen LogP contribution in [-0.4, -0.2) is 54.9 Å². The predicted molar refractivity (Wildman–Crippen MR) is 91.3 cm³/mol. The van der Waals surface area contributed by atoms with E-state index >= 15 is 0 Å². The van der Waals surface area contributed by atoms with Crippen LogP contribution in [0.1, 0.15) is 37.4 Å². The van der Waals surface area contributed by atoms with Gasteiger partial charge in [0.15, 0.2) is 6.10 Å². The summed E-state index contributed by atoms with van der Waals surface area (Å²) in [6.07, 6.45) is 3.20. The first-order valence-corrected chi connectivity index (χ1v) is 8.86. The number of likely N-dealkylation sites (tertiary alicyclic amines) is 2. The van der Waals surface area contributed by atoms with Crippen LogP contribution in [0.4, 0.5) is 0 Å². The van der Waals surface area contributed by atoms with E-state index in [1.54, 1.807) is 7.11 Å². The Morgan fingerprint density at radius 2 is 1.62 bits per heavy atom. The molecule has 2 saturated heterocycles. The summed E-state index contributed by atoms with van der Waals surface area (Å²) in [5, 5.41) is 0. The molecule has 0 aromatic heterocycles. The number of carbonyl (C=O) groups excluding carboxylic acids is 2. The maximum absolute atomic E-state index is 12.8. The number of amides is 2. The van der Waals surface area contributed by atoms with Crippen LogP contribution in [-0.2, 0) is 14.3 Å². The van der Waals surface area contributed by atoms with Gasteiger partial charge in [0.1, 0.15) is 0 Å². The molecule has 2 aliphatic rings. The molecule has 2 heterocycles. The first kappa shape index (κ1) is 17.0. The monoisotopic (exact) mass is 330 g/mol. The van der Waals surface area contributed by atoms with Crippen LogP contribution in [0.3, 0.4) is 0 Å². The van der Waals surface area contributed by atoms with E-state index in [1.807, 2.05) is 40.1 Å². The van der Waals surface area contributed by atoms with Crippen LogP contribution in [0.2, 0.25) is 0 Å². The first-order chi connectivity index (χ1) is 11.7. The summed E-state index contributed by atoms with van der Waals surface area (Å²) in [6, 6.07) is 9.58. The van der Waals surface area contributed by atoms with E-state index in [4.69, 9.17) is 4.74 Å². The maximum atomic E-state index is 12.8. The molecule has 2 aliphatic heterocycles. The zero-order valence-electron chi connectivity index (χ0n) is 14.3. The summed E-state index contributed by atoms with van der Waals surface area (Å²) in [5.41, 5.74) is 0.875. The second-order valence-electron chi connectivity index (χ2n) is 6.66. The van der Waals surface area contributed by atoms with Gasteiger partial charge in [-0.05, 0) is 31.2 Å². The summed E-state index contributed by atoms with van der Waals surface area (Å²) >= 11 is 0. The molecule has 1 aromatic rings. The van der Waals surface area contributed by atoms with Gasteiger partial charge >= 0.3 is 0 Å². The topological polar surface area (TPSA) is 49.9 Å². The molecule has 0 N–H and O–H groups in total. The maximum Gasteiger partial charge on any atom is 0.256 e. The van der Waals surface area contributed by atoms with Crippen LogP contribution in [0.25, 0.3) is 0 Å². The Bertz CT molecular complexity index is 561. The molecule has 0 aliphatic carbocycles. The Kier molecular flexibility index (Phi) is 5.51. The fraction of sp³-hybridized carbons (Fsp3) is 0.579. The molecule has 3 rings (SSSR count). The standard InChI is InChI=1S/C19H26N2O3/c1-24-17(15-7-3-2-4-8-15)19(23)21-13-9-16(10-14-21)18(22)20-11-5-6-12-20/h2-4,7-8,16-17H,5-6,9-14H2,1H3/t17-/m1/s1. The molecule has 5 heteroatoms. The molecule has 0 saturated carbocycles. The van der Waals surface area contributed by atoms with E-state index in [0.29, 0.717) is 13.1 Å². The highest BCUT2D eigenvalue weighted by molar-refractivity contribution is 5.83. The average molecular weight is 330 g/mol. The van der Waals surface area contributed by atoms with Crippen LogP contribution in [0.5, 0.6) is 0 Å². The Morgan fingerprint density at radius 3 is 2.21 bits per heavy atom. The third kappa shape index (κ3) is 3.61. The molecule has 24 heavy (non-hydrogen) atoms. The Balaban J connectivity index is 1.57. The Morgan fingerprint density at radius 1 is 1.00 bits per heavy atom. The van der Waals surface area contributed by atoms with Gasteiger partial charge in [-0.15, -0.1) is 0 Å². The van der Waals surface area contributed by atoms with Crippen molar-refractivity contribution in [3.05, 3.63) is 35.9 Å². The van der Waals surface area contributed by atoms with Gasteiger partial charge in [0.05, 0.1) is 0 Å². The number of rotatable bonds is 4. The Labute approximate surface area is 143 Å². The first-order valence-electron chi connectivity index (χ1n) is 8.86. The second kappa shape index (κ2) is 7.79. The van der Waals surface area contributed by atoms with E-state index in [1.165, 1.54) is 0 Å². The van der Waals surface area contributed by atoms with Crippen LogP contribution >= 0.6 is 0 Å². The fourth-order valence-corrected chi connectivity index (χ4v) is 3.72. The van der Waals surface area contributed by atoms with Gasteiger partial charge in [0.2, 0.25) is 5.91 Å². The van der Waals surface area contributed by atoms with Gasteiger partial charge in [0, 0.05) is 39.2 Å². The van der Waals surface area contributed by atoms with Gasteiger partial charge < -0.3 is 14.5 Å². The molecular weight excluding hydrogens is 304 g/mol. The minimum Gasteiger partial charge on any atom is -0.367 e. The van der Waals surface area contributed by atoms with Gasteiger partial charge in [0.25, 0.3) is 5.91 Å². The van der Waals surface area contributed by atoms with Crippen molar-refractivity contribution in [2.75, 3.05) is 33.3 Å². The molecule has 2 fully saturated rings. The van der Waals surface area contributed by atoms with Crippen molar-refractivity contribution in [3.8, 4) is 0 Å². The van der Waals surface area contributed by atoms with Crippen LogP contribution in [0.15, 0.2) is 30.3 Å². The summed E-state index contributed by atoms with van der Waals surface area (Å²) in [4.78, 5) is 29.1. The van der Waals surface area contributed by atoms with Crippen molar-refractivity contribution in [1.82, 2.24) is 9.80 Å². The fourth-order valence-electron chi connectivity index (χ4n) is 3.72. The molecule has 0 spiro atoms. The molecular formula is C19H26N2O3. The average Bonchev–Trinajstić information content (AvgIpc) is 3.17. The summed E-state index contributed by atoms with van der Waals surface area (Å²) < 4.78 is 5.44. The number of hydrogen-bond donors (Lipinski definition) is 0. The highest BCUT2D eigenvalue weighted by Gasteiger charge is 2.33. The van der Waals surface area contributed by atoms with Crippen molar-refractivity contribution < 1.29 is 14.3 Å². The van der Waals surface area contributed by atoms with Crippen LogP contribution < -0.4 is 0 Å². The quantitative estimate of drug-likeness (QED) is 0.851. The van der Waals surface area contributed by atoms with Crippen LogP contribution in [0, 0.1) is 5.92 Å². The predicted octanol–water partition coefficient (Wildman–Crippen LogP) is 2.24. The molecule has 0 unspecified atom stereocenters. The van der Waals surface area contributed by atoms with E-state index in [-0.39, 0.29) is 17.7 Å². The number of methoxy groups -OCH3 is 1. The minimum absolute atomic E-state index is 0.00392. The molecule has 130 valence electrons. The van der Waals surface area contributed by atoms with Crippen molar-refractivity contribution in [2.45, 2.75) is 31.8 Å².